The number of nitrogens with one attached hydrogen (secondary N) is 1. The zero-order valence-electron chi connectivity index (χ0n) is 13.0. The molecular weight excluding hydrogens is 265 g/mol. The maximum atomic E-state index is 14.2. The molecule has 1 aromatic heterocycles. The van der Waals surface area contributed by atoms with Crippen molar-refractivity contribution < 1.29 is 4.39 Å². The average molecular weight is 287 g/mol. The highest BCUT2D eigenvalue weighted by molar-refractivity contribution is 5.57. The monoisotopic (exact) mass is 287 g/mol. The van der Waals surface area contributed by atoms with Gasteiger partial charge in [-0.1, -0.05) is 0 Å². The van der Waals surface area contributed by atoms with Crippen LogP contribution in [0.5, 0.6) is 0 Å². The largest absolute Gasteiger partial charge is 0.378 e. The van der Waals surface area contributed by atoms with Gasteiger partial charge in [-0.05, 0) is 56.7 Å². The van der Waals surface area contributed by atoms with E-state index in [4.69, 9.17) is 0 Å². The number of benzene rings is 1. The van der Waals surface area contributed by atoms with Crippen LogP contribution in [0.1, 0.15) is 32.4 Å². The first kappa shape index (κ1) is 15.3. The minimum absolute atomic E-state index is 0.0982. The van der Waals surface area contributed by atoms with Crippen molar-refractivity contribution in [2.24, 2.45) is 0 Å². The zero-order chi connectivity index (χ0) is 15.4. The fourth-order valence-electron chi connectivity index (χ4n) is 2.15. The average Bonchev–Trinajstić information content (AvgIpc) is 2.47. The highest BCUT2D eigenvalue weighted by Crippen LogP contribution is 2.25. The molecule has 0 aliphatic heterocycles. The summed E-state index contributed by atoms with van der Waals surface area (Å²) in [6, 6.07) is 9.54. The van der Waals surface area contributed by atoms with E-state index >= 15 is 0 Å². The number of hydrogen-bond donors (Lipinski definition) is 1. The second-order valence-electron chi connectivity index (χ2n) is 5.52. The lowest BCUT2D eigenvalue weighted by Gasteiger charge is -2.25. The van der Waals surface area contributed by atoms with E-state index in [-0.39, 0.29) is 17.9 Å². The van der Waals surface area contributed by atoms with Crippen molar-refractivity contribution >= 4 is 11.4 Å². The van der Waals surface area contributed by atoms with Crippen molar-refractivity contribution in [3.63, 3.8) is 0 Å². The molecule has 0 bridgehead atoms. The molecule has 0 aliphatic carbocycles. The number of rotatable bonds is 5. The minimum atomic E-state index is -0.210. The highest BCUT2D eigenvalue weighted by atomic mass is 19.1. The van der Waals surface area contributed by atoms with Gasteiger partial charge in [0.05, 0.1) is 5.69 Å². The molecule has 1 heterocycles. The van der Waals surface area contributed by atoms with Crippen LogP contribution >= 0.6 is 0 Å². The van der Waals surface area contributed by atoms with Gasteiger partial charge in [0.1, 0.15) is 5.82 Å². The molecule has 0 spiro atoms. The fourth-order valence-corrected chi connectivity index (χ4v) is 2.15. The molecule has 1 unspecified atom stereocenters. The van der Waals surface area contributed by atoms with Crippen LogP contribution in [0.3, 0.4) is 0 Å². The zero-order valence-corrected chi connectivity index (χ0v) is 13.0. The quantitative estimate of drug-likeness (QED) is 0.891. The normalized spacial score (nSPS) is 12.3. The summed E-state index contributed by atoms with van der Waals surface area (Å²) in [5.41, 5.74) is 2.51. The van der Waals surface area contributed by atoms with Gasteiger partial charge in [-0.25, -0.2) is 4.39 Å². The van der Waals surface area contributed by atoms with E-state index in [0.717, 1.165) is 11.3 Å². The Morgan fingerprint density at radius 3 is 2.33 bits per heavy atom. The Morgan fingerprint density at radius 2 is 1.76 bits per heavy atom. The molecule has 1 N–H and O–H groups in total. The van der Waals surface area contributed by atoms with E-state index in [1.54, 1.807) is 18.5 Å². The molecule has 1 atom stereocenters. The Hall–Kier alpha value is -2.10. The lowest BCUT2D eigenvalue weighted by atomic mass is 10.1. The Bertz CT molecular complexity index is 584. The number of aromatic nitrogens is 1. The van der Waals surface area contributed by atoms with E-state index in [1.165, 1.54) is 0 Å². The molecule has 0 aliphatic rings. The molecule has 2 aromatic rings. The number of hydrogen-bond acceptors (Lipinski definition) is 3. The van der Waals surface area contributed by atoms with Crippen LogP contribution in [-0.4, -0.2) is 18.1 Å². The predicted octanol–water partition coefficient (Wildman–Crippen LogP) is 4.24. The molecule has 0 saturated carbocycles. The van der Waals surface area contributed by atoms with Crippen LogP contribution in [0.4, 0.5) is 15.8 Å². The van der Waals surface area contributed by atoms with E-state index in [2.05, 4.69) is 10.3 Å². The summed E-state index contributed by atoms with van der Waals surface area (Å²) in [5, 5.41) is 3.31. The van der Waals surface area contributed by atoms with Gasteiger partial charge in [-0.3, -0.25) is 4.98 Å². The van der Waals surface area contributed by atoms with E-state index in [1.807, 2.05) is 57.0 Å². The molecule has 4 heteroatoms. The third kappa shape index (κ3) is 3.72. The van der Waals surface area contributed by atoms with Gasteiger partial charge in [-0.2, -0.15) is 0 Å². The predicted molar refractivity (Wildman–Crippen MR) is 86.2 cm³/mol. The maximum Gasteiger partial charge on any atom is 0.148 e. The summed E-state index contributed by atoms with van der Waals surface area (Å²) < 4.78 is 14.2. The molecule has 0 radical (unpaired) electrons. The van der Waals surface area contributed by atoms with E-state index < -0.39 is 0 Å². The number of halogens is 1. The smallest absolute Gasteiger partial charge is 0.148 e. The van der Waals surface area contributed by atoms with Gasteiger partial charge < -0.3 is 10.2 Å². The minimum Gasteiger partial charge on any atom is -0.378 e. The second kappa shape index (κ2) is 6.57. The summed E-state index contributed by atoms with van der Waals surface area (Å²) in [6.07, 6.45) is 3.52. The maximum absolute atomic E-state index is 14.2. The highest BCUT2D eigenvalue weighted by Gasteiger charge is 2.12. The molecule has 1 aromatic carbocycles. The molecule has 3 nitrogen and oxygen atoms in total. The summed E-state index contributed by atoms with van der Waals surface area (Å²) in [5.74, 6) is -0.210. The summed E-state index contributed by atoms with van der Waals surface area (Å²) in [6.45, 7) is 6.12. The SMILES string of the molecule is CC(Nc1ccc(N(C)C(C)C)c(F)c1)c1ccncc1. The van der Waals surface area contributed by atoms with Gasteiger partial charge in [-0.15, -0.1) is 0 Å². The van der Waals surface area contributed by atoms with Crippen LogP contribution in [0, 0.1) is 5.82 Å². The van der Waals surface area contributed by atoms with Crippen molar-refractivity contribution in [1.82, 2.24) is 4.98 Å². The first-order chi connectivity index (χ1) is 9.99. The lowest BCUT2D eigenvalue weighted by Crippen LogP contribution is -2.26. The standard InChI is InChI=1S/C17H22FN3/c1-12(2)21(4)17-6-5-15(11-16(17)18)20-13(3)14-7-9-19-10-8-14/h5-13,20H,1-4H3. The third-order valence-electron chi connectivity index (χ3n) is 3.69. The lowest BCUT2D eigenvalue weighted by molar-refractivity contribution is 0.614. The summed E-state index contributed by atoms with van der Waals surface area (Å²) >= 11 is 0. The van der Waals surface area contributed by atoms with Gasteiger partial charge in [0.25, 0.3) is 0 Å². The molecule has 0 amide bonds. The first-order valence-electron chi connectivity index (χ1n) is 7.18. The van der Waals surface area contributed by atoms with Gasteiger partial charge in [0, 0.05) is 37.2 Å². The Morgan fingerprint density at radius 1 is 1.10 bits per heavy atom. The van der Waals surface area contributed by atoms with E-state index in [0.29, 0.717) is 5.69 Å². The number of nitrogens with zero attached hydrogens (tertiary/aromatic N) is 2. The molecule has 2 rings (SSSR count). The van der Waals surface area contributed by atoms with Crippen molar-refractivity contribution in [1.29, 1.82) is 0 Å². The second-order valence-corrected chi connectivity index (χ2v) is 5.52. The van der Waals surface area contributed by atoms with Crippen LogP contribution < -0.4 is 10.2 Å². The fraction of sp³-hybridized carbons (Fsp3) is 0.353. The van der Waals surface area contributed by atoms with Crippen molar-refractivity contribution in [2.75, 3.05) is 17.3 Å². The van der Waals surface area contributed by atoms with Crippen molar-refractivity contribution in [3.05, 3.63) is 54.1 Å². The Balaban J connectivity index is 2.14. The van der Waals surface area contributed by atoms with E-state index in [9.17, 15) is 4.39 Å². The Labute approximate surface area is 125 Å². The molecule has 0 saturated heterocycles. The summed E-state index contributed by atoms with van der Waals surface area (Å²) in [7, 11) is 1.90. The molecular formula is C17H22FN3. The Kier molecular flexibility index (Phi) is 4.78. The van der Waals surface area contributed by atoms with Gasteiger partial charge >= 0.3 is 0 Å². The van der Waals surface area contributed by atoms with Crippen LogP contribution in [0.2, 0.25) is 0 Å². The van der Waals surface area contributed by atoms with Gasteiger partial charge in [0.2, 0.25) is 0 Å². The number of anilines is 2. The molecule has 0 fully saturated rings. The van der Waals surface area contributed by atoms with Crippen molar-refractivity contribution in [2.45, 2.75) is 32.9 Å². The van der Waals surface area contributed by atoms with Crippen molar-refractivity contribution in [3.8, 4) is 0 Å². The topological polar surface area (TPSA) is 28.2 Å². The first-order valence-corrected chi connectivity index (χ1v) is 7.18. The van der Waals surface area contributed by atoms with Crippen LogP contribution in [-0.2, 0) is 0 Å². The third-order valence-corrected chi connectivity index (χ3v) is 3.69. The number of pyridine rings is 1. The molecule has 21 heavy (non-hydrogen) atoms. The molecule has 112 valence electrons. The summed E-state index contributed by atoms with van der Waals surface area (Å²) in [4.78, 5) is 5.93. The van der Waals surface area contributed by atoms with Crippen LogP contribution in [0.15, 0.2) is 42.7 Å². The van der Waals surface area contributed by atoms with Gasteiger partial charge in [0.15, 0.2) is 0 Å². The van der Waals surface area contributed by atoms with Crippen LogP contribution in [0.25, 0.3) is 0 Å².